The van der Waals surface area contributed by atoms with Crippen molar-refractivity contribution in [1.29, 1.82) is 0 Å². The van der Waals surface area contributed by atoms with Crippen LogP contribution in [0.15, 0.2) is 12.1 Å². The lowest BCUT2D eigenvalue weighted by Crippen LogP contribution is -2.19. The molecule has 0 aliphatic carbocycles. The predicted octanol–water partition coefficient (Wildman–Crippen LogP) is 1.91. The molecular formula is C10H16N2O3S. The fraction of sp³-hybridized carbons (Fsp3) is 0.600. The molecule has 0 radical (unpaired) electrons. The number of hydrogen-bond donors (Lipinski definition) is 2. The van der Waals surface area contributed by atoms with E-state index >= 15 is 0 Å². The highest BCUT2D eigenvalue weighted by atomic mass is 32.1. The van der Waals surface area contributed by atoms with Gasteiger partial charge >= 0.3 is 5.00 Å². The fourth-order valence-corrected chi connectivity index (χ4v) is 2.03. The van der Waals surface area contributed by atoms with Crippen LogP contribution < -0.4 is 5.32 Å². The molecule has 1 rings (SSSR count). The zero-order valence-electron chi connectivity index (χ0n) is 9.18. The summed E-state index contributed by atoms with van der Waals surface area (Å²) in [5, 5.41) is 23.1. The van der Waals surface area contributed by atoms with Gasteiger partial charge in [-0.1, -0.05) is 18.3 Å². The van der Waals surface area contributed by atoms with Gasteiger partial charge in [0, 0.05) is 17.5 Å². The zero-order valence-corrected chi connectivity index (χ0v) is 10.00. The third-order valence-corrected chi connectivity index (χ3v) is 3.29. The molecule has 0 bridgehead atoms. The number of nitro groups is 1. The first-order valence-electron chi connectivity index (χ1n) is 5.25. The molecule has 5 nitrogen and oxygen atoms in total. The number of hydrogen-bond acceptors (Lipinski definition) is 5. The molecule has 0 aliphatic rings. The Bertz CT molecular complexity index is 341. The van der Waals surface area contributed by atoms with Crippen LogP contribution in [0.5, 0.6) is 0 Å². The van der Waals surface area contributed by atoms with E-state index in [2.05, 4.69) is 5.32 Å². The predicted molar refractivity (Wildman–Crippen MR) is 63.6 cm³/mol. The van der Waals surface area contributed by atoms with Gasteiger partial charge in [-0.05, 0) is 25.5 Å². The maximum absolute atomic E-state index is 10.4. The van der Waals surface area contributed by atoms with Gasteiger partial charge in [0.15, 0.2) is 0 Å². The Morgan fingerprint density at radius 3 is 2.94 bits per heavy atom. The highest BCUT2D eigenvalue weighted by molar-refractivity contribution is 7.15. The van der Waals surface area contributed by atoms with Gasteiger partial charge in [-0.3, -0.25) is 10.1 Å². The summed E-state index contributed by atoms with van der Waals surface area (Å²) in [6, 6.07) is 3.27. The van der Waals surface area contributed by atoms with Crippen LogP contribution in [0.3, 0.4) is 0 Å². The lowest BCUT2D eigenvalue weighted by Gasteiger charge is -2.07. The molecule has 0 saturated heterocycles. The minimum atomic E-state index is -0.380. The van der Waals surface area contributed by atoms with E-state index < -0.39 is 0 Å². The van der Waals surface area contributed by atoms with Crippen LogP contribution in [0.25, 0.3) is 0 Å². The number of rotatable bonds is 7. The van der Waals surface area contributed by atoms with Crippen LogP contribution in [0.4, 0.5) is 5.00 Å². The molecule has 0 saturated carbocycles. The molecule has 1 aromatic heterocycles. The van der Waals surface area contributed by atoms with Gasteiger partial charge in [0.1, 0.15) is 0 Å². The molecular weight excluding hydrogens is 228 g/mol. The van der Waals surface area contributed by atoms with Crippen molar-refractivity contribution in [3.05, 3.63) is 27.1 Å². The first-order chi connectivity index (χ1) is 7.63. The average Bonchev–Trinajstić information content (AvgIpc) is 2.72. The maximum atomic E-state index is 10.4. The second-order valence-corrected chi connectivity index (χ2v) is 4.67. The Kier molecular flexibility index (Phi) is 5.37. The zero-order chi connectivity index (χ0) is 12.0. The van der Waals surface area contributed by atoms with Gasteiger partial charge in [0.2, 0.25) is 0 Å². The molecule has 2 N–H and O–H groups in total. The number of aliphatic hydroxyl groups excluding tert-OH is 1. The maximum Gasteiger partial charge on any atom is 0.324 e. The van der Waals surface area contributed by atoms with E-state index in [1.165, 1.54) is 17.4 Å². The number of nitrogens with one attached hydrogen (secondary N) is 1. The summed E-state index contributed by atoms with van der Waals surface area (Å²) in [4.78, 5) is 11.0. The highest BCUT2D eigenvalue weighted by Gasteiger charge is 2.09. The van der Waals surface area contributed by atoms with Gasteiger partial charge in [0.25, 0.3) is 0 Å². The van der Waals surface area contributed by atoms with Crippen molar-refractivity contribution in [3.63, 3.8) is 0 Å². The molecule has 16 heavy (non-hydrogen) atoms. The smallest absolute Gasteiger partial charge is 0.324 e. The Balaban J connectivity index is 2.24. The normalized spacial score (nSPS) is 12.6. The van der Waals surface area contributed by atoms with E-state index in [4.69, 9.17) is 0 Å². The van der Waals surface area contributed by atoms with E-state index in [1.807, 2.05) is 6.92 Å². The molecule has 1 unspecified atom stereocenters. The Labute approximate surface area is 98.3 Å². The first-order valence-corrected chi connectivity index (χ1v) is 6.07. The van der Waals surface area contributed by atoms with Gasteiger partial charge < -0.3 is 10.4 Å². The minimum Gasteiger partial charge on any atom is -0.393 e. The Hall–Kier alpha value is -0.980. The number of nitrogens with zero attached hydrogens (tertiary/aromatic N) is 1. The van der Waals surface area contributed by atoms with Crippen LogP contribution in [-0.4, -0.2) is 22.7 Å². The molecule has 0 amide bonds. The molecule has 1 heterocycles. The molecule has 90 valence electrons. The van der Waals surface area contributed by atoms with Crippen LogP contribution >= 0.6 is 11.3 Å². The van der Waals surface area contributed by atoms with Crippen molar-refractivity contribution in [1.82, 2.24) is 5.32 Å². The van der Waals surface area contributed by atoms with E-state index in [0.717, 1.165) is 17.8 Å². The van der Waals surface area contributed by atoms with Gasteiger partial charge in [-0.15, -0.1) is 0 Å². The standard InChI is InChI=1S/C10H16N2O3S/c1-2-8(13)5-6-11-7-9-3-4-10(16-9)12(14)15/h3-4,8,11,13H,2,5-7H2,1H3. The summed E-state index contributed by atoms with van der Waals surface area (Å²) in [5.74, 6) is 0. The largest absolute Gasteiger partial charge is 0.393 e. The van der Waals surface area contributed by atoms with Crippen molar-refractivity contribution in [2.45, 2.75) is 32.4 Å². The Morgan fingerprint density at radius 1 is 1.62 bits per heavy atom. The van der Waals surface area contributed by atoms with E-state index in [0.29, 0.717) is 13.0 Å². The summed E-state index contributed by atoms with van der Waals surface area (Å²) in [7, 11) is 0. The van der Waals surface area contributed by atoms with Crippen LogP contribution in [0.2, 0.25) is 0 Å². The topological polar surface area (TPSA) is 75.4 Å². The summed E-state index contributed by atoms with van der Waals surface area (Å²) in [6.07, 6.45) is 1.21. The molecule has 0 spiro atoms. The third-order valence-electron chi connectivity index (χ3n) is 2.25. The van der Waals surface area contributed by atoms with Crippen molar-refractivity contribution in [3.8, 4) is 0 Å². The first kappa shape index (κ1) is 13.1. The van der Waals surface area contributed by atoms with E-state index in [-0.39, 0.29) is 16.0 Å². The molecule has 1 aromatic rings. The molecule has 0 fully saturated rings. The quantitative estimate of drug-likeness (QED) is 0.436. The lowest BCUT2D eigenvalue weighted by atomic mass is 10.2. The monoisotopic (exact) mass is 244 g/mol. The summed E-state index contributed by atoms with van der Waals surface area (Å²) < 4.78 is 0. The highest BCUT2D eigenvalue weighted by Crippen LogP contribution is 2.23. The summed E-state index contributed by atoms with van der Waals surface area (Å²) in [6.45, 7) is 3.28. The number of thiophene rings is 1. The van der Waals surface area contributed by atoms with Gasteiger partial charge in [-0.2, -0.15) is 0 Å². The summed E-state index contributed by atoms with van der Waals surface area (Å²) >= 11 is 1.18. The van der Waals surface area contributed by atoms with E-state index in [1.54, 1.807) is 6.07 Å². The molecule has 6 heteroatoms. The second kappa shape index (κ2) is 6.57. The minimum absolute atomic E-state index is 0.172. The molecule has 0 aliphatic heterocycles. The van der Waals surface area contributed by atoms with Crippen molar-refractivity contribution in [2.75, 3.05) is 6.54 Å². The van der Waals surface area contributed by atoms with E-state index in [9.17, 15) is 15.2 Å². The summed E-state index contributed by atoms with van der Waals surface area (Å²) in [5.41, 5.74) is 0. The van der Waals surface area contributed by atoms with Crippen LogP contribution in [0.1, 0.15) is 24.6 Å². The van der Waals surface area contributed by atoms with Gasteiger partial charge in [-0.25, -0.2) is 0 Å². The SMILES string of the molecule is CCC(O)CCNCc1ccc([N+](=O)[O-])s1. The van der Waals surface area contributed by atoms with Crippen molar-refractivity contribution in [2.24, 2.45) is 0 Å². The lowest BCUT2D eigenvalue weighted by molar-refractivity contribution is -0.380. The fourth-order valence-electron chi connectivity index (χ4n) is 1.24. The third kappa shape index (κ3) is 4.26. The number of aliphatic hydroxyl groups is 1. The van der Waals surface area contributed by atoms with Crippen molar-refractivity contribution < 1.29 is 10.0 Å². The average molecular weight is 244 g/mol. The second-order valence-electron chi connectivity index (χ2n) is 3.52. The van der Waals surface area contributed by atoms with Crippen molar-refractivity contribution >= 4 is 16.3 Å². The van der Waals surface area contributed by atoms with Gasteiger partial charge in [0.05, 0.1) is 11.0 Å². The molecule has 1 atom stereocenters. The van der Waals surface area contributed by atoms with Crippen LogP contribution in [0, 0.1) is 10.1 Å². The molecule has 0 aromatic carbocycles. The Morgan fingerprint density at radius 2 is 2.38 bits per heavy atom. The van der Waals surface area contributed by atoms with Crippen LogP contribution in [-0.2, 0) is 6.54 Å².